The van der Waals surface area contributed by atoms with Gasteiger partial charge in [-0.05, 0) is 90.9 Å². The number of nitrogens with two attached hydrogens (primary N) is 5. The van der Waals surface area contributed by atoms with Crippen molar-refractivity contribution in [2.75, 3.05) is 59.4 Å². The SMILES string of the molecule is CNCC(=O)N[C@](CN)(CCCCN(NC(=O)CCCCCN)C(=O)N(NC(=O)CCCCCCCN)NC(=O)N1CCC(N)CC1)NC(=O)CCCN. The Bertz CT molecular complexity index is 1130. The molecule has 1 heterocycles. The summed E-state index contributed by atoms with van der Waals surface area (Å²) in [6.07, 6.45) is 8.90. The first-order valence-corrected chi connectivity index (χ1v) is 19.5. The highest BCUT2D eigenvalue weighted by atomic mass is 16.2. The number of likely N-dealkylation sites (N-methyl/N-ethyl adjacent to an activating group) is 1. The number of likely N-dealkylation sites (tertiary alicyclic amines) is 1. The lowest BCUT2D eigenvalue weighted by atomic mass is 10.0. The first-order chi connectivity index (χ1) is 25.9. The third-order valence-corrected chi connectivity index (χ3v) is 8.95. The number of hydrazine groups is 3. The van der Waals surface area contributed by atoms with E-state index in [4.69, 9.17) is 28.7 Å². The fourth-order valence-corrected chi connectivity index (χ4v) is 5.79. The Hall–Kier alpha value is -3.82. The first kappa shape index (κ1) is 48.2. The summed E-state index contributed by atoms with van der Waals surface area (Å²) < 4.78 is 0. The monoisotopic (exact) mass is 771 g/mol. The van der Waals surface area contributed by atoms with Gasteiger partial charge in [0.15, 0.2) is 0 Å². The summed E-state index contributed by atoms with van der Waals surface area (Å²) in [5.74, 6) is -1.65. The second kappa shape index (κ2) is 28.6. The molecule has 20 nitrogen and oxygen atoms in total. The average molecular weight is 771 g/mol. The van der Waals surface area contributed by atoms with Crippen molar-refractivity contribution < 1.29 is 28.8 Å². The van der Waals surface area contributed by atoms with E-state index in [2.05, 4.69) is 32.2 Å². The number of unbranched alkanes of at least 4 members (excludes halogenated alkanes) is 7. The van der Waals surface area contributed by atoms with Crippen molar-refractivity contribution >= 4 is 35.7 Å². The van der Waals surface area contributed by atoms with E-state index in [1.54, 1.807) is 7.05 Å². The van der Waals surface area contributed by atoms with Gasteiger partial charge in [0.25, 0.3) is 0 Å². The predicted molar refractivity (Wildman–Crippen MR) is 206 cm³/mol. The zero-order valence-corrected chi connectivity index (χ0v) is 32.4. The van der Waals surface area contributed by atoms with Gasteiger partial charge in [-0.1, -0.05) is 25.7 Å². The highest BCUT2D eigenvalue weighted by Gasteiger charge is 2.33. The molecule has 20 heteroatoms. The van der Waals surface area contributed by atoms with Gasteiger partial charge in [0.2, 0.25) is 23.6 Å². The van der Waals surface area contributed by atoms with Gasteiger partial charge >= 0.3 is 12.1 Å². The van der Waals surface area contributed by atoms with Crippen molar-refractivity contribution in [3.8, 4) is 0 Å². The third kappa shape index (κ3) is 20.6. The molecule has 16 N–H and O–H groups in total. The molecule has 1 aliphatic rings. The molecule has 1 saturated heterocycles. The van der Waals surface area contributed by atoms with E-state index in [0.29, 0.717) is 76.4 Å². The number of hydrogen-bond donors (Lipinski definition) is 11. The van der Waals surface area contributed by atoms with Crippen molar-refractivity contribution in [2.45, 2.75) is 121 Å². The van der Waals surface area contributed by atoms with Gasteiger partial charge in [-0.2, -0.15) is 0 Å². The molecule has 312 valence electrons. The van der Waals surface area contributed by atoms with Gasteiger partial charge in [0.1, 0.15) is 5.66 Å². The third-order valence-electron chi connectivity index (χ3n) is 8.95. The summed E-state index contributed by atoms with van der Waals surface area (Å²) in [4.78, 5) is 80.4. The van der Waals surface area contributed by atoms with Crippen LogP contribution in [0, 0.1) is 0 Å². The largest absolute Gasteiger partial charge is 0.377 e. The summed E-state index contributed by atoms with van der Waals surface area (Å²) >= 11 is 0. The van der Waals surface area contributed by atoms with E-state index in [1.165, 1.54) is 4.90 Å². The van der Waals surface area contributed by atoms with Gasteiger partial charge in [-0.25, -0.2) is 25.4 Å². The summed E-state index contributed by atoms with van der Waals surface area (Å²) in [7, 11) is 1.61. The molecule has 1 fully saturated rings. The summed E-state index contributed by atoms with van der Waals surface area (Å²) in [6.45, 7) is 1.97. The quantitative estimate of drug-likeness (QED) is 0.0292. The average Bonchev–Trinajstić information content (AvgIpc) is 3.14. The van der Waals surface area contributed by atoms with Gasteiger partial charge in [-0.3, -0.25) is 24.6 Å². The summed E-state index contributed by atoms with van der Waals surface area (Å²) in [6, 6.07) is -1.55. The molecule has 0 radical (unpaired) electrons. The Labute approximate surface area is 320 Å². The van der Waals surface area contributed by atoms with Gasteiger partial charge in [0, 0.05) is 51.5 Å². The number of urea groups is 2. The number of nitrogens with zero attached hydrogens (tertiary/aromatic N) is 3. The van der Waals surface area contributed by atoms with Crippen molar-refractivity contribution in [2.24, 2.45) is 28.7 Å². The first-order valence-electron chi connectivity index (χ1n) is 19.5. The van der Waals surface area contributed by atoms with Crippen LogP contribution in [0.2, 0.25) is 0 Å². The normalized spacial score (nSPS) is 14.1. The van der Waals surface area contributed by atoms with E-state index in [1.807, 2.05) is 0 Å². The zero-order valence-electron chi connectivity index (χ0n) is 32.4. The minimum Gasteiger partial charge on any atom is -0.332 e. The van der Waals surface area contributed by atoms with E-state index in [0.717, 1.165) is 43.5 Å². The number of carbonyl (C=O) groups is 6. The van der Waals surface area contributed by atoms with Crippen LogP contribution in [0.3, 0.4) is 0 Å². The molecule has 0 spiro atoms. The number of hydrogen-bond acceptors (Lipinski definition) is 12. The standard InChI is InChI=1S/C34H70N14O6/c1-40-25-31(52)42-34(26-38,41-28(49)15-12-21-37)18-8-11-22-47(43-29(50)13-7-5-10-20-36)33(54)48(44-30(51)14-6-3-2-4-9-19-35)45-32(53)46-23-16-27(39)17-24-46/h27,40H,2-26,35-39H2,1H3,(H,41,49)(H,42,52)(H,43,50)(H,44,51)(H,45,53)/t34-/m0/s1. The maximum Gasteiger partial charge on any atom is 0.377 e. The van der Waals surface area contributed by atoms with Crippen molar-refractivity contribution in [3.63, 3.8) is 0 Å². The second-order valence-corrected chi connectivity index (χ2v) is 13.7. The highest BCUT2D eigenvalue weighted by molar-refractivity contribution is 5.86. The molecule has 0 saturated carbocycles. The smallest absolute Gasteiger partial charge is 0.332 e. The van der Waals surface area contributed by atoms with Crippen LogP contribution in [0.4, 0.5) is 9.59 Å². The number of piperidine rings is 1. The second-order valence-electron chi connectivity index (χ2n) is 13.7. The maximum atomic E-state index is 14.1. The Morgan fingerprint density at radius 1 is 0.648 bits per heavy atom. The van der Waals surface area contributed by atoms with Gasteiger partial charge in [-0.15, -0.1) is 5.12 Å². The van der Waals surface area contributed by atoms with Crippen LogP contribution in [-0.4, -0.2) is 122 Å². The maximum absolute atomic E-state index is 14.1. The van der Waals surface area contributed by atoms with Crippen LogP contribution in [-0.2, 0) is 19.2 Å². The Kier molecular flexibility index (Phi) is 25.5. The van der Waals surface area contributed by atoms with E-state index in [9.17, 15) is 28.8 Å². The molecule has 0 aromatic carbocycles. The fraction of sp³-hybridized carbons (Fsp3) is 0.824. The molecule has 0 aliphatic carbocycles. The lowest BCUT2D eigenvalue weighted by Crippen LogP contribution is -2.65. The number of nitrogens with one attached hydrogen (secondary N) is 6. The number of amides is 8. The molecular formula is C34H70N14O6. The van der Waals surface area contributed by atoms with Crippen molar-refractivity contribution in [1.29, 1.82) is 0 Å². The van der Waals surface area contributed by atoms with Crippen LogP contribution in [0.25, 0.3) is 0 Å². The minimum absolute atomic E-state index is 0.00813. The summed E-state index contributed by atoms with van der Waals surface area (Å²) in [5.41, 5.74) is 35.2. The van der Waals surface area contributed by atoms with Gasteiger partial charge < -0.3 is 49.5 Å². The zero-order chi connectivity index (χ0) is 40.2. The van der Waals surface area contributed by atoms with Crippen molar-refractivity contribution in [1.82, 2.24) is 47.3 Å². The Morgan fingerprint density at radius 2 is 1.19 bits per heavy atom. The molecule has 0 bridgehead atoms. The molecule has 0 aromatic heterocycles. The topological polar surface area (TPSA) is 314 Å². The van der Waals surface area contributed by atoms with Crippen LogP contribution < -0.4 is 60.9 Å². The molecule has 1 aliphatic heterocycles. The van der Waals surface area contributed by atoms with E-state index >= 15 is 0 Å². The molecular weight excluding hydrogens is 700 g/mol. The van der Waals surface area contributed by atoms with E-state index < -0.39 is 29.5 Å². The minimum atomic E-state index is -1.28. The Morgan fingerprint density at radius 3 is 1.78 bits per heavy atom. The summed E-state index contributed by atoms with van der Waals surface area (Å²) in [5, 5.41) is 10.2. The van der Waals surface area contributed by atoms with Crippen LogP contribution >= 0.6 is 0 Å². The van der Waals surface area contributed by atoms with Gasteiger partial charge in [0.05, 0.1) is 6.54 Å². The highest BCUT2D eigenvalue weighted by Crippen LogP contribution is 2.14. The van der Waals surface area contributed by atoms with E-state index in [-0.39, 0.29) is 69.6 Å². The van der Waals surface area contributed by atoms with Crippen LogP contribution in [0.5, 0.6) is 0 Å². The molecule has 1 atom stereocenters. The van der Waals surface area contributed by atoms with Crippen LogP contribution in [0.1, 0.15) is 109 Å². The Balaban J connectivity index is 3.21. The lowest BCUT2D eigenvalue weighted by molar-refractivity contribution is -0.128. The number of carbonyl (C=O) groups excluding carboxylic acids is 6. The fourth-order valence-electron chi connectivity index (χ4n) is 5.79. The van der Waals surface area contributed by atoms with Crippen molar-refractivity contribution in [3.05, 3.63) is 0 Å². The molecule has 0 aromatic rings. The molecule has 54 heavy (non-hydrogen) atoms. The lowest BCUT2D eigenvalue weighted by Gasteiger charge is -2.36. The molecule has 1 rings (SSSR count). The van der Waals surface area contributed by atoms with Crippen LogP contribution in [0.15, 0.2) is 0 Å². The molecule has 8 amide bonds. The molecule has 0 unspecified atom stereocenters. The predicted octanol–water partition coefficient (Wildman–Crippen LogP) is -1.35. The number of rotatable bonds is 25.